The minimum atomic E-state index is 0.103. The van der Waals surface area contributed by atoms with Crippen LogP contribution < -0.4 is 4.90 Å². The lowest BCUT2D eigenvalue weighted by Gasteiger charge is -2.53. The molecular formula is C23H39NO. The van der Waals surface area contributed by atoms with Crippen molar-refractivity contribution in [2.45, 2.75) is 79.7 Å². The lowest BCUT2D eigenvalue weighted by atomic mass is 9.52. The Morgan fingerprint density at radius 1 is 0.960 bits per heavy atom. The molecule has 0 fully saturated rings. The number of hydrogen-bond acceptors (Lipinski definition) is 2. The van der Waals surface area contributed by atoms with Crippen LogP contribution in [0.4, 0.5) is 5.69 Å². The molecule has 0 saturated heterocycles. The number of rotatable bonds is 3. The molecule has 1 aliphatic heterocycles. The van der Waals surface area contributed by atoms with Gasteiger partial charge in [-0.1, -0.05) is 53.7 Å². The fourth-order valence-corrected chi connectivity index (χ4v) is 4.95. The Bertz CT molecular complexity index is 596. The molecule has 0 spiro atoms. The highest BCUT2D eigenvalue weighted by atomic mass is 16.5. The third-order valence-electron chi connectivity index (χ3n) is 6.17. The molecule has 0 unspecified atom stereocenters. The second kappa shape index (κ2) is 6.30. The Labute approximate surface area is 156 Å². The summed E-state index contributed by atoms with van der Waals surface area (Å²) < 4.78 is 5.32. The molecule has 0 bridgehead atoms. The molecule has 0 atom stereocenters. The molecule has 0 aliphatic carbocycles. The zero-order chi connectivity index (χ0) is 19.3. The first-order chi connectivity index (χ1) is 11.3. The molecule has 2 rings (SSSR count). The molecule has 1 aromatic carbocycles. The summed E-state index contributed by atoms with van der Waals surface area (Å²) in [6, 6.07) is 7.11. The van der Waals surface area contributed by atoms with Gasteiger partial charge in [-0.15, -0.1) is 0 Å². The maximum absolute atomic E-state index is 5.32. The van der Waals surface area contributed by atoms with Gasteiger partial charge in [-0.25, -0.2) is 0 Å². The van der Waals surface area contributed by atoms with E-state index in [1.165, 1.54) is 16.8 Å². The highest BCUT2D eigenvalue weighted by Gasteiger charge is 2.58. The number of hydrogen-bond donors (Lipinski definition) is 0. The summed E-state index contributed by atoms with van der Waals surface area (Å²) in [6.45, 7) is 23.3. The van der Waals surface area contributed by atoms with Crippen LogP contribution in [0.3, 0.4) is 0 Å². The molecule has 0 N–H and O–H groups in total. The van der Waals surface area contributed by atoms with Crippen LogP contribution in [-0.2, 0) is 16.6 Å². The van der Waals surface area contributed by atoms with Gasteiger partial charge in [0, 0.05) is 30.3 Å². The fourth-order valence-electron chi connectivity index (χ4n) is 4.95. The van der Waals surface area contributed by atoms with Gasteiger partial charge in [0.2, 0.25) is 0 Å². The molecule has 0 radical (unpaired) electrons. The van der Waals surface area contributed by atoms with Gasteiger partial charge in [-0.3, -0.25) is 0 Å². The van der Waals surface area contributed by atoms with Crippen molar-refractivity contribution in [3.63, 3.8) is 0 Å². The van der Waals surface area contributed by atoms with Crippen LogP contribution in [0.2, 0.25) is 0 Å². The monoisotopic (exact) mass is 345 g/mol. The van der Waals surface area contributed by atoms with Gasteiger partial charge in [0.1, 0.15) is 0 Å². The Hall–Kier alpha value is -1.02. The maximum atomic E-state index is 5.32. The summed E-state index contributed by atoms with van der Waals surface area (Å²) in [5, 5.41) is 0. The predicted octanol–water partition coefficient (Wildman–Crippen LogP) is 5.82. The van der Waals surface area contributed by atoms with Gasteiger partial charge < -0.3 is 9.64 Å². The first-order valence-corrected chi connectivity index (χ1v) is 9.66. The summed E-state index contributed by atoms with van der Waals surface area (Å²) in [7, 11) is 1.78. The molecular weight excluding hydrogens is 306 g/mol. The summed E-state index contributed by atoms with van der Waals surface area (Å²) in [6.07, 6.45) is 0.976. The topological polar surface area (TPSA) is 12.5 Å². The fraction of sp³-hybridized carbons (Fsp3) is 0.739. The predicted molar refractivity (Wildman–Crippen MR) is 110 cm³/mol. The quantitative estimate of drug-likeness (QED) is 0.684. The average molecular weight is 346 g/mol. The third kappa shape index (κ3) is 3.35. The van der Waals surface area contributed by atoms with Crippen LogP contribution >= 0.6 is 0 Å². The summed E-state index contributed by atoms with van der Waals surface area (Å²) in [5.41, 5.74) is 4.87. The van der Waals surface area contributed by atoms with E-state index in [0.717, 1.165) is 19.6 Å². The summed E-state index contributed by atoms with van der Waals surface area (Å²) in [5.74, 6) is 0. The molecule has 0 saturated carbocycles. The first kappa shape index (κ1) is 20.3. The van der Waals surface area contributed by atoms with E-state index in [1.807, 2.05) is 0 Å². The van der Waals surface area contributed by atoms with Crippen LogP contribution in [0.15, 0.2) is 18.2 Å². The van der Waals surface area contributed by atoms with Crippen molar-refractivity contribution < 1.29 is 4.74 Å². The van der Waals surface area contributed by atoms with Crippen LogP contribution in [0, 0.1) is 10.8 Å². The third-order valence-corrected chi connectivity index (χ3v) is 6.17. The van der Waals surface area contributed by atoms with Crippen LogP contribution in [0.1, 0.15) is 73.4 Å². The minimum absolute atomic E-state index is 0.103. The van der Waals surface area contributed by atoms with Gasteiger partial charge in [-0.05, 0) is 55.2 Å². The van der Waals surface area contributed by atoms with Crippen LogP contribution in [0.5, 0.6) is 0 Å². The van der Waals surface area contributed by atoms with E-state index in [2.05, 4.69) is 85.4 Å². The molecule has 2 heteroatoms. The van der Waals surface area contributed by atoms with Crippen LogP contribution in [0.25, 0.3) is 0 Å². The highest BCUT2D eigenvalue weighted by molar-refractivity contribution is 5.66. The summed E-state index contributed by atoms with van der Waals surface area (Å²) >= 11 is 0. The maximum Gasteiger partial charge on any atom is 0.0502 e. The molecule has 0 aromatic heterocycles. The Morgan fingerprint density at radius 2 is 1.52 bits per heavy atom. The van der Waals surface area contributed by atoms with Crippen molar-refractivity contribution in [2.75, 3.05) is 25.2 Å². The number of fused-ring (bicyclic) bond motifs is 1. The second-order valence-electron chi connectivity index (χ2n) is 10.8. The molecule has 25 heavy (non-hydrogen) atoms. The Balaban J connectivity index is 2.73. The molecule has 1 aromatic rings. The zero-order valence-corrected chi connectivity index (χ0v) is 18.2. The van der Waals surface area contributed by atoms with Crippen molar-refractivity contribution in [2.24, 2.45) is 10.8 Å². The van der Waals surface area contributed by atoms with E-state index in [4.69, 9.17) is 4.74 Å². The number of nitrogens with zero attached hydrogens (tertiary/aromatic N) is 1. The lowest BCUT2D eigenvalue weighted by molar-refractivity contribution is 0.0635. The first-order valence-electron chi connectivity index (χ1n) is 9.66. The summed E-state index contributed by atoms with van der Waals surface area (Å²) in [4.78, 5) is 2.62. The van der Waals surface area contributed by atoms with Gasteiger partial charge in [0.15, 0.2) is 0 Å². The van der Waals surface area contributed by atoms with Crippen molar-refractivity contribution in [3.05, 3.63) is 29.3 Å². The molecule has 0 amide bonds. The van der Waals surface area contributed by atoms with Crippen molar-refractivity contribution in [1.29, 1.82) is 0 Å². The van der Waals surface area contributed by atoms with Gasteiger partial charge in [-0.2, -0.15) is 0 Å². The SMILES string of the molecule is COCCc1ccc2c(c1)C(C(C)(C)C)(C(C)(C)C)CN2C(C)(C)C. The zero-order valence-electron chi connectivity index (χ0n) is 18.2. The second-order valence-corrected chi connectivity index (χ2v) is 10.8. The van der Waals surface area contributed by atoms with Crippen molar-refractivity contribution in [1.82, 2.24) is 0 Å². The van der Waals surface area contributed by atoms with E-state index >= 15 is 0 Å². The van der Waals surface area contributed by atoms with Gasteiger partial charge in [0.25, 0.3) is 0 Å². The Morgan fingerprint density at radius 3 is 1.96 bits per heavy atom. The number of methoxy groups -OCH3 is 1. The van der Waals surface area contributed by atoms with E-state index in [-0.39, 0.29) is 21.8 Å². The van der Waals surface area contributed by atoms with E-state index in [1.54, 1.807) is 7.11 Å². The van der Waals surface area contributed by atoms with E-state index in [0.29, 0.717) is 0 Å². The van der Waals surface area contributed by atoms with Crippen molar-refractivity contribution in [3.8, 4) is 0 Å². The normalized spacial score (nSPS) is 17.8. The van der Waals surface area contributed by atoms with E-state index in [9.17, 15) is 0 Å². The molecule has 1 aliphatic rings. The number of benzene rings is 1. The minimum Gasteiger partial charge on any atom is -0.384 e. The molecule has 142 valence electrons. The van der Waals surface area contributed by atoms with Gasteiger partial charge >= 0.3 is 0 Å². The molecule has 2 nitrogen and oxygen atoms in total. The molecule has 1 heterocycles. The smallest absolute Gasteiger partial charge is 0.0502 e. The van der Waals surface area contributed by atoms with Gasteiger partial charge in [0.05, 0.1) is 6.61 Å². The average Bonchev–Trinajstić information content (AvgIpc) is 2.79. The lowest BCUT2D eigenvalue weighted by Crippen LogP contribution is -2.55. The Kier molecular flexibility index (Phi) is 5.11. The van der Waals surface area contributed by atoms with Crippen LogP contribution in [-0.4, -0.2) is 25.8 Å². The standard InChI is InChI=1S/C23H39NO/c1-20(2,3)23(21(4,5)6)16-24(22(7,8)9)19-12-11-17(13-14-25-10)15-18(19)23/h11-12,15H,13-14,16H2,1-10H3. The van der Waals surface area contributed by atoms with Crippen molar-refractivity contribution >= 4 is 5.69 Å². The van der Waals surface area contributed by atoms with E-state index < -0.39 is 0 Å². The largest absolute Gasteiger partial charge is 0.384 e. The number of ether oxygens (including phenoxy) is 1. The number of anilines is 1. The highest BCUT2D eigenvalue weighted by Crippen LogP contribution is 2.60.